The third-order valence-electron chi connectivity index (χ3n) is 5.73. The number of benzene rings is 1. The molecule has 1 N–H and O–H groups in total. The Hall–Kier alpha value is -1.88. The van der Waals surface area contributed by atoms with E-state index in [-0.39, 0.29) is 30.1 Å². The zero-order valence-corrected chi connectivity index (χ0v) is 18.7. The van der Waals surface area contributed by atoms with Gasteiger partial charge in [0.15, 0.2) is 0 Å². The van der Waals surface area contributed by atoms with Crippen LogP contribution in [0.1, 0.15) is 83.6 Å². The molecule has 0 aliphatic carbocycles. The average molecular weight is 418 g/mol. The number of aliphatic hydroxyl groups excluding tert-OH is 1. The lowest BCUT2D eigenvalue weighted by Gasteiger charge is -2.36. The van der Waals surface area contributed by atoms with Crippen LogP contribution in [0.5, 0.6) is 0 Å². The molecule has 1 aliphatic heterocycles. The van der Waals surface area contributed by atoms with Gasteiger partial charge in [0.05, 0.1) is 12.2 Å². The summed E-state index contributed by atoms with van der Waals surface area (Å²) in [5, 5.41) is 10.4. The van der Waals surface area contributed by atoms with Crippen molar-refractivity contribution in [1.29, 1.82) is 0 Å². The molecule has 0 saturated carbocycles. The number of nitrogens with zero attached hydrogens (tertiary/aromatic N) is 1. The van der Waals surface area contributed by atoms with Crippen molar-refractivity contribution in [3.8, 4) is 0 Å². The molecule has 0 spiro atoms. The number of likely N-dealkylation sites (tertiary alicyclic amines) is 1. The van der Waals surface area contributed by atoms with Crippen LogP contribution < -0.4 is 0 Å². The molecule has 30 heavy (non-hydrogen) atoms. The summed E-state index contributed by atoms with van der Waals surface area (Å²) in [6.07, 6.45) is 8.75. The van der Waals surface area contributed by atoms with E-state index < -0.39 is 0 Å². The van der Waals surface area contributed by atoms with Gasteiger partial charge in [-0.2, -0.15) is 0 Å². The molecular weight excluding hydrogens is 378 g/mol. The van der Waals surface area contributed by atoms with E-state index in [1.54, 1.807) is 0 Å². The average Bonchev–Trinajstić information content (AvgIpc) is 2.70. The molecule has 2 rings (SSSR count). The standard InChI is InChI=1S/C25H39NO4/c1-20(2)30-25(29)15-8-3-4-9-18-26-22(13-10-14-24(26)28)16-17-23(27)19-21-11-6-5-7-12-21/h5-7,11-12,20,22-23,27H,3-4,8-10,13-19H2,1-2H3. The Kier molecular flexibility index (Phi) is 10.9. The fourth-order valence-electron chi connectivity index (χ4n) is 4.20. The van der Waals surface area contributed by atoms with Gasteiger partial charge in [-0.1, -0.05) is 43.2 Å². The van der Waals surface area contributed by atoms with E-state index in [0.717, 1.165) is 63.5 Å². The lowest BCUT2D eigenvalue weighted by molar-refractivity contribution is -0.147. The quantitative estimate of drug-likeness (QED) is 0.375. The second kappa shape index (κ2) is 13.4. The van der Waals surface area contributed by atoms with Gasteiger partial charge in [-0.25, -0.2) is 0 Å². The van der Waals surface area contributed by atoms with Gasteiger partial charge in [0.2, 0.25) is 5.91 Å². The van der Waals surface area contributed by atoms with Crippen molar-refractivity contribution in [3.05, 3.63) is 35.9 Å². The number of aliphatic hydroxyl groups is 1. The molecule has 2 unspecified atom stereocenters. The molecule has 0 radical (unpaired) electrons. The van der Waals surface area contributed by atoms with Crippen LogP contribution in [0.25, 0.3) is 0 Å². The number of esters is 1. The molecule has 1 aromatic rings. The van der Waals surface area contributed by atoms with Crippen molar-refractivity contribution in [3.63, 3.8) is 0 Å². The Morgan fingerprint density at radius 2 is 1.90 bits per heavy atom. The highest BCUT2D eigenvalue weighted by atomic mass is 16.5. The Morgan fingerprint density at radius 1 is 1.17 bits per heavy atom. The molecule has 1 aliphatic rings. The predicted octanol–water partition coefficient (Wildman–Crippen LogP) is 4.65. The number of ether oxygens (including phenoxy) is 1. The molecule has 0 aromatic heterocycles. The molecule has 0 bridgehead atoms. The van der Waals surface area contributed by atoms with Crippen LogP contribution in [-0.4, -0.2) is 46.7 Å². The van der Waals surface area contributed by atoms with Crippen molar-refractivity contribution in [1.82, 2.24) is 4.90 Å². The number of amides is 1. The Balaban J connectivity index is 1.67. The van der Waals surface area contributed by atoms with Crippen molar-refractivity contribution >= 4 is 11.9 Å². The highest BCUT2D eigenvalue weighted by Crippen LogP contribution is 2.24. The molecule has 5 nitrogen and oxygen atoms in total. The number of carbonyl (C=O) groups excluding carboxylic acids is 2. The summed E-state index contributed by atoms with van der Waals surface area (Å²) >= 11 is 0. The lowest BCUT2D eigenvalue weighted by Crippen LogP contribution is -2.44. The van der Waals surface area contributed by atoms with Crippen LogP contribution in [0.3, 0.4) is 0 Å². The molecule has 2 atom stereocenters. The third kappa shape index (κ3) is 9.29. The van der Waals surface area contributed by atoms with E-state index >= 15 is 0 Å². The van der Waals surface area contributed by atoms with E-state index in [9.17, 15) is 14.7 Å². The van der Waals surface area contributed by atoms with Gasteiger partial charge in [-0.3, -0.25) is 9.59 Å². The van der Waals surface area contributed by atoms with E-state index in [0.29, 0.717) is 19.3 Å². The van der Waals surface area contributed by atoms with Crippen LogP contribution in [0.2, 0.25) is 0 Å². The molecule has 5 heteroatoms. The number of hydrogen-bond donors (Lipinski definition) is 1. The number of unbranched alkanes of at least 4 members (excludes halogenated alkanes) is 3. The van der Waals surface area contributed by atoms with Gasteiger partial charge >= 0.3 is 5.97 Å². The lowest BCUT2D eigenvalue weighted by atomic mass is 9.94. The number of rotatable bonds is 13. The highest BCUT2D eigenvalue weighted by molar-refractivity contribution is 5.77. The van der Waals surface area contributed by atoms with E-state index in [1.165, 1.54) is 0 Å². The van der Waals surface area contributed by atoms with Crippen LogP contribution in [0, 0.1) is 0 Å². The van der Waals surface area contributed by atoms with E-state index in [1.807, 2.05) is 49.1 Å². The number of carbonyl (C=O) groups is 2. The van der Waals surface area contributed by atoms with E-state index in [2.05, 4.69) is 0 Å². The van der Waals surface area contributed by atoms with Gasteiger partial charge < -0.3 is 14.7 Å². The fourth-order valence-corrected chi connectivity index (χ4v) is 4.20. The summed E-state index contributed by atoms with van der Waals surface area (Å²) in [4.78, 5) is 26.1. The topological polar surface area (TPSA) is 66.8 Å². The smallest absolute Gasteiger partial charge is 0.306 e. The largest absolute Gasteiger partial charge is 0.463 e. The molecule has 168 valence electrons. The normalized spacial score (nSPS) is 17.9. The first-order valence-electron chi connectivity index (χ1n) is 11.7. The van der Waals surface area contributed by atoms with E-state index in [4.69, 9.17) is 4.74 Å². The monoisotopic (exact) mass is 417 g/mol. The Morgan fingerprint density at radius 3 is 2.63 bits per heavy atom. The summed E-state index contributed by atoms with van der Waals surface area (Å²) in [5.41, 5.74) is 1.15. The maximum absolute atomic E-state index is 12.5. The number of piperidine rings is 1. The third-order valence-corrected chi connectivity index (χ3v) is 5.73. The minimum atomic E-state index is -0.364. The maximum atomic E-state index is 12.5. The molecule has 1 saturated heterocycles. The fraction of sp³-hybridized carbons (Fsp3) is 0.680. The van der Waals surface area contributed by atoms with Gasteiger partial charge in [-0.05, 0) is 64.4 Å². The highest BCUT2D eigenvalue weighted by Gasteiger charge is 2.27. The summed E-state index contributed by atoms with van der Waals surface area (Å²) in [5.74, 6) is 0.134. The van der Waals surface area contributed by atoms with Gasteiger partial charge in [0, 0.05) is 25.4 Å². The van der Waals surface area contributed by atoms with Gasteiger partial charge in [-0.15, -0.1) is 0 Å². The Labute approximate surface area is 181 Å². The SMILES string of the molecule is CC(C)OC(=O)CCCCCCN1C(=O)CCCC1CCC(O)Cc1ccccc1. The Bertz CT molecular complexity index is 631. The first kappa shape index (κ1) is 24.4. The zero-order chi connectivity index (χ0) is 21.8. The predicted molar refractivity (Wildman–Crippen MR) is 119 cm³/mol. The minimum absolute atomic E-state index is 0.0502. The van der Waals surface area contributed by atoms with Crippen molar-refractivity contribution in [2.45, 2.75) is 103 Å². The molecule has 1 aromatic carbocycles. The molecule has 1 amide bonds. The summed E-state index contributed by atoms with van der Waals surface area (Å²) in [7, 11) is 0. The van der Waals surface area contributed by atoms with Crippen molar-refractivity contribution < 1.29 is 19.4 Å². The van der Waals surface area contributed by atoms with Crippen LogP contribution in [0.4, 0.5) is 0 Å². The number of hydrogen-bond acceptors (Lipinski definition) is 4. The van der Waals surface area contributed by atoms with Gasteiger partial charge in [0.1, 0.15) is 0 Å². The van der Waals surface area contributed by atoms with Crippen LogP contribution >= 0.6 is 0 Å². The second-order valence-electron chi connectivity index (χ2n) is 8.76. The molecular formula is C25H39NO4. The van der Waals surface area contributed by atoms with Crippen LogP contribution in [-0.2, 0) is 20.7 Å². The summed E-state index contributed by atoms with van der Waals surface area (Å²) < 4.78 is 5.15. The maximum Gasteiger partial charge on any atom is 0.306 e. The molecule has 1 fully saturated rings. The van der Waals surface area contributed by atoms with Gasteiger partial charge in [0.25, 0.3) is 0 Å². The first-order valence-corrected chi connectivity index (χ1v) is 11.7. The van der Waals surface area contributed by atoms with Crippen molar-refractivity contribution in [2.75, 3.05) is 6.54 Å². The van der Waals surface area contributed by atoms with Crippen LogP contribution in [0.15, 0.2) is 30.3 Å². The second-order valence-corrected chi connectivity index (χ2v) is 8.76. The first-order chi connectivity index (χ1) is 14.5. The minimum Gasteiger partial charge on any atom is -0.463 e. The summed E-state index contributed by atoms with van der Waals surface area (Å²) in [6.45, 7) is 4.52. The summed E-state index contributed by atoms with van der Waals surface area (Å²) in [6, 6.07) is 10.3. The zero-order valence-electron chi connectivity index (χ0n) is 18.7. The van der Waals surface area contributed by atoms with Crippen molar-refractivity contribution in [2.24, 2.45) is 0 Å². The molecule has 1 heterocycles.